The SMILES string of the molecule is CN1CCN(c2[nH]nc(C3CCCCC3)c2-c2ccncc2)CC1. The van der Waals surface area contributed by atoms with Gasteiger partial charge in [-0.3, -0.25) is 10.1 Å². The average molecular weight is 325 g/mol. The summed E-state index contributed by atoms with van der Waals surface area (Å²) >= 11 is 0. The predicted octanol–water partition coefficient (Wildman–Crippen LogP) is 3.27. The fourth-order valence-corrected chi connectivity index (χ4v) is 4.08. The van der Waals surface area contributed by atoms with E-state index >= 15 is 0 Å². The molecule has 1 N–H and O–H groups in total. The number of anilines is 1. The van der Waals surface area contributed by atoms with Crippen molar-refractivity contribution in [3.8, 4) is 11.1 Å². The van der Waals surface area contributed by atoms with Crippen LogP contribution in [0.1, 0.15) is 43.7 Å². The Morgan fingerprint density at radius 2 is 1.71 bits per heavy atom. The summed E-state index contributed by atoms with van der Waals surface area (Å²) in [5.74, 6) is 1.80. The summed E-state index contributed by atoms with van der Waals surface area (Å²) in [6.07, 6.45) is 10.4. The number of likely N-dealkylation sites (N-methyl/N-ethyl adjacent to an activating group) is 1. The fraction of sp³-hybridized carbons (Fsp3) is 0.579. The molecule has 0 bridgehead atoms. The minimum atomic E-state index is 0.597. The summed E-state index contributed by atoms with van der Waals surface area (Å²) in [5, 5.41) is 8.20. The minimum absolute atomic E-state index is 0.597. The second kappa shape index (κ2) is 6.93. The lowest BCUT2D eigenvalue weighted by molar-refractivity contribution is 0.312. The van der Waals surface area contributed by atoms with E-state index in [-0.39, 0.29) is 0 Å². The van der Waals surface area contributed by atoms with E-state index in [1.54, 1.807) is 0 Å². The van der Waals surface area contributed by atoms with Crippen LogP contribution in [0.4, 0.5) is 5.82 Å². The topological polar surface area (TPSA) is 48.0 Å². The van der Waals surface area contributed by atoms with Gasteiger partial charge in [-0.05, 0) is 37.6 Å². The highest BCUT2D eigenvalue weighted by Gasteiger charge is 2.27. The van der Waals surface area contributed by atoms with Crippen LogP contribution in [0, 0.1) is 0 Å². The van der Waals surface area contributed by atoms with Crippen molar-refractivity contribution in [3.63, 3.8) is 0 Å². The van der Waals surface area contributed by atoms with Gasteiger partial charge in [0.15, 0.2) is 0 Å². The van der Waals surface area contributed by atoms with Crippen LogP contribution >= 0.6 is 0 Å². The van der Waals surface area contributed by atoms with Crippen molar-refractivity contribution in [1.29, 1.82) is 0 Å². The van der Waals surface area contributed by atoms with Crippen molar-refractivity contribution in [2.24, 2.45) is 0 Å². The first-order valence-electron chi connectivity index (χ1n) is 9.25. The zero-order valence-corrected chi connectivity index (χ0v) is 14.5. The van der Waals surface area contributed by atoms with E-state index in [4.69, 9.17) is 5.10 Å². The van der Waals surface area contributed by atoms with E-state index in [0.29, 0.717) is 5.92 Å². The van der Waals surface area contributed by atoms with Gasteiger partial charge in [-0.15, -0.1) is 0 Å². The first-order chi connectivity index (χ1) is 11.8. The largest absolute Gasteiger partial charge is 0.354 e. The molecule has 0 atom stereocenters. The molecule has 4 rings (SSSR count). The Morgan fingerprint density at radius 3 is 2.42 bits per heavy atom. The molecule has 24 heavy (non-hydrogen) atoms. The Kier molecular flexibility index (Phi) is 4.52. The van der Waals surface area contributed by atoms with Crippen LogP contribution in [0.2, 0.25) is 0 Å². The number of pyridine rings is 1. The van der Waals surface area contributed by atoms with Gasteiger partial charge in [0.05, 0.1) is 5.69 Å². The zero-order valence-electron chi connectivity index (χ0n) is 14.5. The van der Waals surface area contributed by atoms with E-state index in [9.17, 15) is 0 Å². The fourth-order valence-electron chi connectivity index (χ4n) is 4.08. The molecule has 128 valence electrons. The van der Waals surface area contributed by atoms with Crippen LogP contribution in [-0.2, 0) is 0 Å². The Morgan fingerprint density at radius 1 is 1.00 bits per heavy atom. The second-order valence-corrected chi connectivity index (χ2v) is 7.19. The summed E-state index contributed by atoms with van der Waals surface area (Å²) in [4.78, 5) is 9.06. The number of aromatic nitrogens is 3. The molecule has 5 nitrogen and oxygen atoms in total. The molecular formula is C19H27N5. The standard InChI is InChI=1S/C19H27N5/c1-23-11-13-24(14-12-23)19-17(15-7-9-20-10-8-15)18(21-22-19)16-5-3-2-4-6-16/h7-10,16H,2-6,11-14H2,1H3,(H,21,22). The molecule has 5 heteroatoms. The molecule has 1 aliphatic carbocycles. The van der Waals surface area contributed by atoms with Crippen molar-refractivity contribution in [1.82, 2.24) is 20.1 Å². The van der Waals surface area contributed by atoms with Gasteiger partial charge in [0.25, 0.3) is 0 Å². The summed E-state index contributed by atoms with van der Waals surface area (Å²) in [6.45, 7) is 4.32. The van der Waals surface area contributed by atoms with Crippen LogP contribution in [0.15, 0.2) is 24.5 Å². The smallest absolute Gasteiger partial charge is 0.132 e. The molecule has 1 aliphatic heterocycles. The van der Waals surface area contributed by atoms with Gasteiger partial charge in [-0.1, -0.05) is 19.3 Å². The molecule has 3 heterocycles. The lowest BCUT2D eigenvalue weighted by Crippen LogP contribution is -2.44. The molecule has 2 aromatic rings. The molecule has 0 unspecified atom stereocenters. The van der Waals surface area contributed by atoms with Gasteiger partial charge < -0.3 is 9.80 Å². The summed E-state index contributed by atoms with van der Waals surface area (Å²) in [5.41, 5.74) is 3.83. The normalized spacial score (nSPS) is 20.5. The molecule has 1 saturated heterocycles. The van der Waals surface area contributed by atoms with Gasteiger partial charge in [0.2, 0.25) is 0 Å². The van der Waals surface area contributed by atoms with Crippen LogP contribution < -0.4 is 4.90 Å². The monoisotopic (exact) mass is 325 g/mol. The zero-order chi connectivity index (χ0) is 16.4. The summed E-state index contributed by atoms with van der Waals surface area (Å²) in [7, 11) is 2.20. The molecular weight excluding hydrogens is 298 g/mol. The predicted molar refractivity (Wildman–Crippen MR) is 97.4 cm³/mol. The minimum Gasteiger partial charge on any atom is -0.354 e. The average Bonchev–Trinajstić information content (AvgIpc) is 3.09. The van der Waals surface area contributed by atoms with Crippen molar-refractivity contribution >= 4 is 5.82 Å². The summed E-state index contributed by atoms with van der Waals surface area (Å²) in [6, 6.07) is 4.24. The first kappa shape index (κ1) is 15.6. The highest BCUT2D eigenvalue weighted by Crippen LogP contribution is 2.41. The molecule has 0 aromatic carbocycles. The lowest BCUT2D eigenvalue weighted by atomic mass is 9.84. The van der Waals surface area contributed by atoms with Gasteiger partial charge in [0, 0.05) is 50.1 Å². The number of rotatable bonds is 3. The maximum Gasteiger partial charge on any atom is 0.132 e. The second-order valence-electron chi connectivity index (χ2n) is 7.19. The van der Waals surface area contributed by atoms with Crippen LogP contribution in [0.25, 0.3) is 11.1 Å². The van der Waals surface area contributed by atoms with Gasteiger partial charge in [-0.25, -0.2) is 0 Å². The van der Waals surface area contributed by atoms with Crippen LogP contribution in [0.3, 0.4) is 0 Å². The Hall–Kier alpha value is -1.88. The Bertz CT molecular complexity index is 652. The van der Waals surface area contributed by atoms with E-state index in [2.05, 4.69) is 39.1 Å². The van der Waals surface area contributed by atoms with E-state index in [1.807, 2.05) is 12.4 Å². The van der Waals surface area contributed by atoms with E-state index in [1.165, 1.54) is 54.7 Å². The molecule has 1 saturated carbocycles. The molecule has 2 aliphatic rings. The number of hydrogen-bond donors (Lipinski definition) is 1. The van der Waals surface area contributed by atoms with Crippen molar-refractivity contribution in [3.05, 3.63) is 30.2 Å². The van der Waals surface area contributed by atoms with E-state index < -0.39 is 0 Å². The number of H-pyrrole nitrogens is 1. The molecule has 2 fully saturated rings. The highest BCUT2D eigenvalue weighted by atomic mass is 15.3. The molecule has 2 aromatic heterocycles. The van der Waals surface area contributed by atoms with Crippen LogP contribution in [-0.4, -0.2) is 53.3 Å². The third kappa shape index (κ3) is 3.05. The highest BCUT2D eigenvalue weighted by molar-refractivity contribution is 5.78. The Labute approximate surface area is 144 Å². The lowest BCUT2D eigenvalue weighted by Gasteiger charge is -2.33. The number of nitrogens with zero attached hydrogens (tertiary/aromatic N) is 4. The first-order valence-corrected chi connectivity index (χ1v) is 9.25. The summed E-state index contributed by atoms with van der Waals surface area (Å²) < 4.78 is 0. The van der Waals surface area contributed by atoms with Crippen LogP contribution in [0.5, 0.6) is 0 Å². The van der Waals surface area contributed by atoms with Crippen molar-refractivity contribution in [2.45, 2.75) is 38.0 Å². The number of piperazine rings is 1. The third-order valence-electron chi connectivity index (χ3n) is 5.56. The van der Waals surface area contributed by atoms with E-state index in [0.717, 1.165) is 26.2 Å². The molecule has 0 spiro atoms. The maximum absolute atomic E-state index is 4.81. The van der Waals surface area contributed by atoms with Crippen molar-refractivity contribution < 1.29 is 0 Å². The molecule has 0 radical (unpaired) electrons. The maximum atomic E-state index is 4.81. The van der Waals surface area contributed by atoms with Gasteiger partial charge >= 0.3 is 0 Å². The Balaban J connectivity index is 1.72. The molecule has 0 amide bonds. The third-order valence-corrected chi connectivity index (χ3v) is 5.56. The van der Waals surface area contributed by atoms with Gasteiger partial charge in [-0.2, -0.15) is 5.10 Å². The van der Waals surface area contributed by atoms with Crippen molar-refractivity contribution in [2.75, 3.05) is 38.1 Å². The number of aromatic amines is 1. The quantitative estimate of drug-likeness (QED) is 0.941. The number of nitrogens with one attached hydrogen (secondary N) is 1. The van der Waals surface area contributed by atoms with Gasteiger partial charge in [0.1, 0.15) is 5.82 Å². The number of hydrogen-bond acceptors (Lipinski definition) is 4.